The number of benzene rings is 17. The van der Waals surface area contributed by atoms with Crippen molar-refractivity contribution < 1.29 is 0 Å². The molecule has 4 nitrogen and oxygen atoms in total. The standard InChI is InChI=1S/C98H62N4S2/c1-4-18-63(19-5-1)65-38-44-76(45-39-65)99(78-50-55-94-88(60-78)87-57-71-21-10-11-22-72(71)59-96(87)103-94)79-48-53-85-83-51-43-73(58-91(83)102(93(85)61-79)75-27-8-3-9-28-75)70-24-16-23-69(56-70)67-36-34-64(35-37-67)66-40-46-77(47-41-66)100(90-32-17-33-95-97(90)86-52-42-68-20-12-13-29-81(68)98(86)104-95)80-49-54-84-82-30-14-15-31-89(82)101(92(84)62-80)74-25-6-2-7-26-74/h1-62H. The van der Waals surface area contributed by atoms with Gasteiger partial charge in [0.15, 0.2) is 0 Å². The highest BCUT2D eigenvalue weighted by molar-refractivity contribution is 7.27. The van der Waals surface area contributed by atoms with Crippen LogP contribution < -0.4 is 9.80 Å². The van der Waals surface area contributed by atoms with Gasteiger partial charge in [-0.15, -0.1) is 22.7 Å². The predicted molar refractivity (Wildman–Crippen MR) is 447 cm³/mol. The van der Waals surface area contributed by atoms with E-state index in [0.717, 1.165) is 89.9 Å². The van der Waals surface area contributed by atoms with Crippen LogP contribution in [0.1, 0.15) is 0 Å². The van der Waals surface area contributed by atoms with Gasteiger partial charge in [-0.25, -0.2) is 0 Å². The lowest BCUT2D eigenvalue weighted by Crippen LogP contribution is -2.10. The molecule has 0 amide bonds. The molecule has 4 heterocycles. The topological polar surface area (TPSA) is 16.3 Å². The number of thiophene rings is 2. The van der Waals surface area contributed by atoms with Crippen molar-refractivity contribution in [2.24, 2.45) is 0 Å². The molecule has 0 aliphatic heterocycles. The van der Waals surface area contributed by atoms with Gasteiger partial charge in [0, 0.05) is 102 Å². The van der Waals surface area contributed by atoms with Crippen molar-refractivity contribution in [3.63, 3.8) is 0 Å². The molecular formula is C98H62N4S2. The second kappa shape index (κ2) is 24.3. The van der Waals surface area contributed by atoms with Gasteiger partial charge in [0.25, 0.3) is 0 Å². The Morgan fingerprint density at radius 2 is 0.635 bits per heavy atom. The summed E-state index contributed by atoms with van der Waals surface area (Å²) in [7, 11) is 0. The Balaban J connectivity index is 0.632. The number of fused-ring (bicyclic) bond motifs is 15. The van der Waals surface area contributed by atoms with Crippen LogP contribution in [0, 0.1) is 0 Å². The SMILES string of the molecule is c1ccc(-c2ccc(N(c3ccc4sc5cc6ccccc6cc5c4c3)c3ccc4c5ccc(-c6cccc(-c7ccc(-c8ccc(N(c9ccc%10c%11ccccc%11n(-c%11ccccc%11)c%10c9)c9cccc%10sc%11c%12ccccc%12ccc%11c9%10)cc8)cc7)c6)cc5n(-c5ccccc5)c4c3)cc2)cc1. The molecule has 0 fully saturated rings. The molecule has 0 saturated carbocycles. The van der Waals surface area contributed by atoms with E-state index >= 15 is 0 Å². The molecule has 17 aromatic carbocycles. The van der Waals surface area contributed by atoms with E-state index in [9.17, 15) is 0 Å². The molecule has 0 atom stereocenters. The highest BCUT2D eigenvalue weighted by Gasteiger charge is 2.24. The molecule has 486 valence electrons. The second-order valence-corrected chi connectivity index (χ2v) is 29.3. The van der Waals surface area contributed by atoms with Crippen LogP contribution in [0.15, 0.2) is 376 Å². The third-order valence-electron chi connectivity index (χ3n) is 21.2. The first kappa shape index (κ1) is 59.7. The van der Waals surface area contributed by atoms with E-state index < -0.39 is 0 Å². The Bertz CT molecular complexity index is 6950. The number of hydrogen-bond acceptors (Lipinski definition) is 4. The monoisotopic (exact) mass is 1360 g/mol. The van der Waals surface area contributed by atoms with E-state index in [2.05, 4.69) is 395 Å². The van der Waals surface area contributed by atoms with Gasteiger partial charge in [-0.2, -0.15) is 0 Å². The summed E-state index contributed by atoms with van der Waals surface area (Å²) in [5, 5.41) is 15.0. The Kier molecular flexibility index (Phi) is 14.0. The second-order valence-electron chi connectivity index (χ2n) is 27.2. The zero-order valence-electron chi connectivity index (χ0n) is 56.4. The molecule has 104 heavy (non-hydrogen) atoms. The average molecular weight is 1360 g/mol. The van der Waals surface area contributed by atoms with Crippen LogP contribution in [-0.4, -0.2) is 9.13 Å². The first-order valence-corrected chi connectivity index (χ1v) is 37.1. The largest absolute Gasteiger partial charge is 0.310 e. The maximum absolute atomic E-state index is 2.47. The number of hydrogen-bond donors (Lipinski definition) is 0. The molecule has 21 aromatic rings. The van der Waals surface area contributed by atoms with E-state index in [-0.39, 0.29) is 0 Å². The summed E-state index contributed by atoms with van der Waals surface area (Å²) in [4.78, 5) is 4.91. The number of nitrogens with zero attached hydrogens (tertiary/aromatic N) is 4. The molecule has 0 bridgehead atoms. The smallest absolute Gasteiger partial charge is 0.0561 e. The summed E-state index contributed by atoms with van der Waals surface area (Å²) in [5.74, 6) is 0. The quantitative estimate of drug-likeness (QED) is 0.121. The highest BCUT2D eigenvalue weighted by atomic mass is 32.1. The van der Waals surface area contributed by atoms with Gasteiger partial charge in [-0.3, -0.25) is 0 Å². The molecular weight excluding hydrogens is 1300 g/mol. The van der Waals surface area contributed by atoms with E-state index in [0.29, 0.717) is 0 Å². The minimum atomic E-state index is 1.08. The lowest BCUT2D eigenvalue weighted by atomic mass is 9.96. The van der Waals surface area contributed by atoms with Crippen LogP contribution in [0.5, 0.6) is 0 Å². The van der Waals surface area contributed by atoms with Crippen LogP contribution in [-0.2, 0) is 0 Å². The number of aromatic nitrogens is 2. The van der Waals surface area contributed by atoms with Gasteiger partial charge in [0.2, 0.25) is 0 Å². The van der Waals surface area contributed by atoms with E-state index in [1.807, 2.05) is 22.7 Å². The number of rotatable bonds is 12. The van der Waals surface area contributed by atoms with Crippen molar-refractivity contribution in [1.82, 2.24) is 9.13 Å². The van der Waals surface area contributed by atoms with Gasteiger partial charge in [0.1, 0.15) is 0 Å². The summed E-state index contributed by atoms with van der Waals surface area (Å²) < 4.78 is 10.0. The molecule has 4 aromatic heterocycles. The summed E-state index contributed by atoms with van der Waals surface area (Å²) in [6.45, 7) is 0. The van der Waals surface area contributed by atoms with Crippen LogP contribution in [0.4, 0.5) is 34.1 Å². The lowest BCUT2D eigenvalue weighted by Gasteiger charge is -2.27. The van der Waals surface area contributed by atoms with Crippen molar-refractivity contribution in [3.8, 4) is 55.9 Å². The molecule has 6 heteroatoms. The fourth-order valence-corrected chi connectivity index (χ4v) is 18.7. The highest BCUT2D eigenvalue weighted by Crippen LogP contribution is 2.50. The van der Waals surface area contributed by atoms with E-state index in [1.54, 1.807) is 0 Å². The summed E-state index contributed by atoms with van der Waals surface area (Å²) in [5.41, 5.74) is 22.8. The molecule has 0 N–H and O–H groups in total. The van der Waals surface area contributed by atoms with Crippen LogP contribution in [0.2, 0.25) is 0 Å². The Morgan fingerprint density at radius 1 is 0.202 bits per heavy atom. The fourth-order valence-electron chi connectivity index (χ4n) is 16.3. The first-order valence-electron chi connectivity index (χ1n) is 35.5. The maximum Gasteiger partial charge on any atom is 0.0561 e. The van der Waals surface area contributed by atoms with Crippen LogP contribution in [0.3, 0.4) is 0 Å². The minimum Gasteiger partial charge on any atom is -0.310 e. The maximum atomic E-state index is 2.47. The van der Waals surface area contributed by atoms with Crippen molar-refractivity contribution in [1.29, 1.82) is 0 Å². The van der Waals surface area contributed by atoms with Crippen molar-refractivity contribution in [3.05, 3.63) is 376 Å². The normalized spacial score (nSPS) is 11.8. The fraction of sp³-hybridized carbons (Fsp3) is 0. The lowest BCUT2D eigenvalue weighted by molar-refractivity contribution is 1.18. The number of anilines is 6. The predicted octanol–water partition coefficient (Wildman–Crippen LogP) is 28.5. The molecule has 0 saturated heterocycles. The first-order chi connectivity index (χ1) is 51.5. The van der Waals surface area contributed by atoms with Gasteiger partial charge < -0.3 is 18.9 Å². The summed E-state index contributed by atoms with van der Waals surface area (Å²) >= 11 is 3.75. The van der Waals surface area contributed by atoms with Crippen molar-refractivity contribution in [2.75, 3.05) is 9.80 Å². The Hall–Kier alpha value is -13.1. The van der Waals surface area contributed by atoms with Crippen molar-refractivity contribution >= 4 is 162 Å². The van der Waals surface area contributed by atoms with E-state index in [4.69, 9.17) is 0 Å². The van der Waals surface area contributed by atoms with E-state index in [1.165, 1.54) is 106 Å². The molecule has 0 aliphatic carbocycles. The average Bonchev–Trinajstić information content (AvgIpc) is 1.35. The van der Waals surface area contributed by atoms with Gasteiger partial charge in [-0.05, 0) is 200 Å². The van der Waals surface area contributed by atoms with Gasteiger partial charge >= 0.3 is 0 Å². The van der Waals surface area contributed by atoms with Crippen molar-refractivity contribution in [2.45, 2.75) is 0 Å². The molecule has 0 radical (unpaired) electrons. The molecule has 0 spiro atoms. The Morgan fingerprint density at radius 3 is 1.32 bits per heavy atom. The number of para-hydroxylation sites is 3. The van der Waals surface area contributed by atoms with Gasteiger partial charge in [0.05, 0.1) is 27.8 Å². The third kappa shape index (κ3) is 9.94. The van der Waals surface area contributed by atoms with Gasteiger partial charge in [-0.1, -0.05) is 243 Å². The summed E-state index contributed by atoms with van der Waals surface area (Å²) in [6.07, 6.45) is 0. The van der Waals surface area contributed by atoms with Crippen LogP contribution in [0.25, 0.3) is 161 Å². The van der Waals surface area contributed by atoms with Crippen LogP contribution >= 0.6 is 22.7 Å². The molecule has 0 unspecified atom stereocenters. The summed E-state index contributed by atoms with van der Waals surface area (Å²) in [6, 6.07) is 139. The minimum absolute atomic E-state index is 1.08. The zero-order valence-corrected chi connectivity index (χ0v) is 58.0. The zero-order chi connectivity index (χ0) is 68.3. The molecule has 0 aliphatic rings. The molecule has 21 rings (SSSR count). The third-order valence-corrected chi connectivity index (χ3v) is 23.6. The Labute approximate surface area is 608 Å².